The van der Waals surface area contributed by atoms with E-state index in [1.807, 2.05) is 0 Å². The third-order valence-corrected chi connectivity index (χ3v) is 2.42. The molecule has 7 heteroatoms. The van der Waals surface area contributed by atoms with E-state index in [1.165, 1.54) is 0 Å². The minimum Gasteiger partial charge on any atom is -0.296 e. The molecule has 1 aromatic rings. The number of aryl methyl sites for hydroxylation is 1. The molecule has 1 rings (SSSR count). The standard InChI is InChI=1S/C6H9N3O3S/c1-13(11,12)3-2-5-6(4-10)8-9-7-5/h4H,2-3H2,1H3,(H,7,8,9). The highest BCUT2D eigenvalue weighted by Crippen LogP contribution is 2.00. The Balaban J connectivity index is 2.70. The predicted octanol–water partition coefficient (Wildman–Crippen LogP) is -0.796. The lowest BCUT2D eigenvalue weighted by Gasteiger charge is -1.94. The Bertz CT molecular complexity index is 395. The van der Waals surface area contributed by atoms with Crippen molar-refractivity contribution in [2.24, 2.45) is 0 Å². The summed E-state index contributed by atoms with van der Waals surface area (Å²) in [6, 6.07) is 0. The number of rotatable bonds is 4. The lowest BCUT2D eigenvalue weighted by molar-refractivity contribution is 0.111. The van der Waals surface area contributed by atoms with Gasteiger partial charge in [-0.25, -0.2) is 8.42 Å². The molecular formula is C6H9N3O3S. The number of aromatic nitrogens is 3. The van der Waals surface area contributed by atoms with Crippen LogP contribution in [0.15, 0.2) is 0 Å². The Kier molecular flexibility index (Phi) is 2.76. The quantitative estimate of drug-likeness (QED) is 0.647. The van der Waals surface area contributed by atoms with Gasteiger partial charge < -0.3 is 0 Å². The van der Waals surface area contributed by atoms with Crippen molar-refractivity contribution >= 4 is 16.1 Å². The summed E-state index contributed by atoms with van der Waals surface area (Å²) in [6.45, 7) is 0. The average Bonchev–Trinajstić information content (AvgIpc) is 2.46. The van der Waals surface area contributed by atoms with Gasteiger partial charge in [-0.3, -0.25) is 4.79 Å². The molecule has 0 atom stereocenters. The molecule has 0 aliphatic rings. The molecule has 13 heavy (non-hydrogen) atoms. The molecule has 72 valence electrons. The van der Waals surface area contributed by atoms with Crippen molar-refractivity contribution in [3.8, 4) is 0 Å². The van der Waals surface area contributed by atoms with Crippen LogP contribution in [0.1, 0.15) is 16.2 Å². The molecule has 0 fully saturated rings. The Hall–Kier alpha value is -1.24. The minimum absolute atomic E-state index is 0.0274. The van der Waals surface area contributed by atoms with E-state index >= 15 is 0 Å². The first-order valence-corrected chi connectivity index (χ1v) is 5.61. The van der Waals surface area contributed by atoms with Crippen LogP contribution in [0.25, 0.3) is 0 Å². The highest BCUT2D eigenvalue weighted by molar-refractivity contribution is 7.90. The number of nitrogens with zero attached hydrogens (tertiary/aromatic N) is 2. The van der Waals surface area contributed by atoms with Gasteiger partial charge >= 0.3 is 0 Å². The number of carbonyl (C=O) groups excluding carboxylic acids is 1. The average molecular weight is 203 g/mol. The lowest BCUT2D eigenvalue weighted by atomic mass is 10.3. The van der Waals surface area contributed by atoms with Crippen LogP contribution in [0, 0.1) is 0 Å². The van der Waals surface area contributed by atoms with Crippen LogP contribution in [0.4, 0.5) is 0 Å². The van der Waals surface area contributed by atoms with Crippen molar-refractivity contribution in [3.05, 3.63) is 11.4 Å². The summed E-state index contributed by atoms with van der Waals surface area (Å²) in [7, 11) is -3.02. The Morgan fingerprint density at radius 1 is 1.46 bits per heavy atom. The predicted molar refractivity (Wildman–Crippen MR) is 45.2 cm³/mol. The van der Waals surface area contributed by atoms with Gasteiger partial charge in [0, 0.05) is 12.7 Å². The number of aromatic amines is 1. The number of hydrogen-bond donors (Lipinski definition) is 1. The van der Waals surface area contributed by atoms with Crippen LogP contribution < -0.4 is 0 Å². The number of nitrogens with one attached hydrogen (secondary N) is 1. The summed E-state index contributed by atoms with van der Waals surface area (Å²) < 4.78 is 21.6. The molecule has 6 nitrogen and oxygen atoms in total. The largest absolute Gasteiger partial charge is 0.296 e. The molecule has 1 N–H and O–H groups in total. The second kappa shape index (κ2) is 3.65. The zero-order chi connectivity index (χ0) is 9.90. The van der Waals surface area contributed by atoms with Crippen LogP contribution in [0.3, 0.4) is 0 Å². The summed E-state index contributed by atoms with van der Waals surface area (Å²) in [5.41, 5.74) is 0.559. The SMILES string of the molecule is CS(=O)(=O)CCc1n[nH]nc1C=O. The molecule has 0 aliphatic carbocycles. The van der Waals surface area contributed by atoms with E-state index in [0.29, 0.717) is 12.0 Å². The summed E-state index contributed by atoms with van der Waals surface area (Å²) in [6.07, 6.45) is 1.89. The van der Waals surface area contributed by atoms with Crippen molar-refractivity contribution in [1.82, 2.24) is 15.4 Å². The Morgan fingerprint density at radius 2 is 2.15 bits per heavy atom. The summed E-state index contributed by atoms with van der Waals surface area (Å²) in [4.78, 5) is 10.3. The van der Waals surface area contributed by atoms with Gasteiger partial charge in [0.25, 0.3) is 0 Å². The Labute approximate surface area is 75.3 Å². The molecule has 0 bridgehead atoms. The van der Waals surface area contributed by atoms with E-state index in [1.54, 1.807) is 0 Å². The van der Waals surface area contributed by atoms with Gasteiger partial charge in [0.15, 0.2) is 6.29 Å². The molecule has 1 aromatic heterocycles. The van der Waals surface area contributed by atoms with E-state index in [0.717, 1.165) is 6.26 Å². The normalized spacial score (nSPS) is 11.5. The van der Waals surface area contributed by atoms with Gasteiger partial charge in [0.1, 0.15) is 15.5 Å². The van der Waals surface area contributed by atoms with Crippen LogP contribution >= 0.6 is 0 Å². The third-order valence-electron chi connectivity index (χ3n) is 1.47. The van der Waals surface area contributed by atoms with Gasteiger partial charge in [-0.15, -0.1) is 0 Å². The first kappa shape index (κ1) is 9.85. The first-order chi connectivity index (χ1) is 6.03. The van der Waals surface area contributed by atoms with Crippen molar-refractivity contribution < 1.29 is 13.2 Å². The third kappa shape index (κ3) is 2.94. The zero-order valence-corrected chi connectivity index (χ0v) is 7.84. The second-order valence-corrected chi connectivity index (χ2v) is 4.91. The molecule has 0 aromatic carbocycles. The number of H-pyrrole nitrogens is 1. The van der Waals surface area contributed by atoms with Crippen LogP contribution in [0.5, 0.6) is 0 Å². The van der Waals surface area contributed by atoms with E-state index in [2.05, 4.69) is 15.4 Å². The highest BCUT2D eigenvalue weighted by atomic mass is 32.2. The van der Waals surface area contributed by atoms with Gasteiger partial charge in [0.05, 0.1) is 11.4 Å². The molecule has 0 aliphatic heterocycles. The van der Waals surface area contributed by atoms with E-state index in [-0.39, 0.29) is 17.9 Å². The maximum atomic E-state index is 10.8. The van der Waals surface area contributed by atoms with E-state index in [4.69, 9.17) is 0 Å². The number of aldehydes is 1. The minimum atomic E-state index is -3.02. The Morgan fingerprint density at radius 3 is 2.69 bits per heavy atom. The molecular weight excluding hydrogens is 194 g/mol. The fourth-order valence-electron chi connectivity index (χ4n) is 0.821. The maximum absolute atomic E-state index is 10.8. The summed E-state index contributed by atoms with van der Waals surface area (Å²) in [5, 5.41) is 9.45. The molecule has 0 saturated heterocycles. The zero-order valence-electron chi connectivity index (χ0n) is 7.02. The van der Waals surface area contributed by atoms with Crippen LogP contribution in [-0.2, 0) is 16.3 Å². The monoisotopic (exact) mass is 203 g/mol. The van der Waals surface area contributed by atoms with Crippen molar-refractivity contribution in [2.45, 2.75) is 6.42 Å². The lowest BCUT2D eigenvalue weighted by Crippen LogP contribution is -2.07. The molecule has 0 amide bonds. The molecule has 0 spiro atoms. The first-order valence-electron chi connectivity index (χ1n) is 3.55. The number of sulfone groups is 1. The second-order valence-electron chi connectivity index (χ2n) is 2.65. The fourth-order valence-corrected chi connectivity index (χ4v) is 1.39. The van der Waals surface area contributed by atoms with Gasteiger partial charge in [-0.05, 0) is 0 Å². The van der Waals surface area contributed by atoms with E-state index in [9.17, 15) is 13.2 Å². The molecule has 1 heterocycles. The van der Waals surface area contributed by atoms with Gasteiger partial charge in [0.2, 0.25) is 0 Å². The van der Waals surface area contributed by atoms with Crippen molar-refractivity contribution in [2.75, 3.05) is 12.0 Å². The molecule has 0 radical (unpaired) electrons. The van der Waals surface area contributed by atoms with Crippen LogP contribution in [0.2, 0.25) is 0 Å². The molecule has 0 saturated carbocycles. The van der Waals surface area contributed by atoms with Gasteiger partial charge in [-0.1, -0.05) is 0 Å². The smallest absolute Gasteiger partial charge is 0.172 e. The maximum Gasteiger partial charge on any atom is 0.172 e. The van der Waals surface area contributed by atoms with Crippen LogP contribution in [-0.4, -0.2) is 42.1 Å². The van der Waals surface area contributed by atoms with E-state index < -0.39 is 9.84 Å². The highest BCUT2D eigenvalue weighted by Gasteiger charge is 2.09. The topological polar surface area (TPSA) is 92.8 Å². The molecule has 0 unspecified atom stereocenters. The summed E-state index contributed by atoms with van der Waals surface area (Å²) >= 11 is 0. The fraction of sp³-hybridized carbons (Fsp3) is 0.500. The van der Waals surface area contributed by atoms with Crippen molar-refractivity contribution in [3.63, 3.8) is 0 Å². The van der Waals surface area contributed by atoms with Crippen molar-refractivity contribution in [1.29, 1.82) is 0 Å². The summed E-state index contributed by atoms with van der Waals surface area (Å²) in [5.74, 6) is -0.0274. The number of carbonyl (C=O) groups is 1. The number of hydrogen-bond acceptors (Lipinski definition) is 5. The van der Waals surface area contributed by atoms with Gasteiger partial charge in [-0.2, -0.15) is 15.4 Å².